The number of sulfonamides is 1. The van der Waals surface area contributed by atoms with Gasteiger partial charge in [-0.15, -0.1) is 0 Å². The maximum absolute atomic E-state index is 12.9. The summed E-state index contributed by atoms with van der Waals surface area (Å²) in [6, 6.07) is 13.5. The first-order valence-electron chi connectivity index (χ1n) is 15.5. The number of ether oxygens (including phenoxy) is 1. The number of likely N-dealkylation sites (N-methyl/N-ethyl adjacent to an activating group) is 1. The number of hydrogen-bond acceptors (Lipinski definition) is 9. The summed E-state index contributed by atoms with van der Waals surface area (Å²) < 4.78 is 34.6. The van der Waals surface area contributed by atoms with Crippen LogP contribution in [-0.2, 0) is 16.4 Å². The number of hydrogen-bond donors (Lipinski definition) is 2. The van der Waals surface area contributed by atoms with Gasteiger partial charge in [-0.2, -0.15) is 0 Å². The van der Waals surface area contributed by atoms with Crippen LogP contribution in [0.25, 0.3) is 0 Å². The lowest BCUT2D eigenvalue weighted by Crippen LogP contribution is -2.52. The smallest absolute Gasteiger partial charge is 0.242 e. The highest BCUT2D eigenvalue weighted by molar-refractivity contribution is 7.89. The SMILES string of the molecule is CCOc1cc(N2CCC(N3CCN(C)CC3)CC2)ccc1Cc1ncc(Cl)c(Nc2ccccc2S(=O)(=O)NC(C)C)n1. The van der Waals surface area contributed by atoms with Gasteiger partial charge in [-0.1, -0.05) is 29.8 Å². The lowest BCUT2D eigenvalue weighted by molar-refractivity contribution is 0.0982. The Morgan fingerprint density at radius 2 is 1.77 bits per heavy atom. The van der Waals surface area contributed by atoms with Gasteiger partial charge in [0.2, 0.25) is 10.0 Å². The molecule has 5 rings (SSSR count). The van der Waals surface area contributed by atoms with Crippen LogP contribution in [0.4, 0.5) is 17.2 Å². The number of anilines is 3. The van der Waals surface area contributed by atoms with Gasteiger partial charge < -0.3 is 19.9 Å². The Balaban J connectivity index is 1.30. The minimum absolute atomic E-state index is 0.117. The summed E-state index contributed by atoms with van der Waals surface area (Å²) in [6.07, 6.45) is 4.31. The molecule has 3 heterocycles. The second-order valence-corrected chi connectivity index (χ2v) is 13.9. The molecule has 0 aliphatic carbocycles. The van der Waals surface area contributed by atoms with Gasteiger partial charge in [0.25, 0.3) is 0 Å². The van der Waals surface area contributed by atoms with E-state index < -0.39 is 10.0 Å². The molecule has 10 nitrogen and oxygen atoms in total. The lowest BCUT2D eigenvalue weighted by atomic mass is 10.0. The quantitative estimate of drug-likeness (QED) is 0.307. The van der Waals surface area contributed by atoms with Crippen molar-refractivity contribution >= 4 is 38.8 Å². The third kappa shape index (κ3) is 8.00. The molecule has 0 saturated carbocycles. The van der Waals surface area contributed by atoms with E-state index in [-0.39, 0.29) is 16.0 Å². The Hall–Kier alpha value is -2.96. The van der Waals surface area contributed by atoms with Crippen molar-refractivity contribution in [2.75, 3.05) is 63.1 Å². The molecule has 2 saturated heterocycles. The van der Waals surface area contributed by atoms with Crippen LogP contribution in [0, 0.1) is 0 Å². The Kier molecular flexibility index (Phi) is 10.6. The zero-order valence-electron chi connectivity index (χ0n) is 26.1. The van der Waals surface area contributed by atoms with Gasteiger partial charge in [-0.05, 0) is 58.9 Å². The van der Waals surface area contributed by atoms with Gasteiger partial charge in [0.1, 0.15) is 21.5 Å². The van der Waals surface area contributed by atoms with Crippen LogP contribution in [0.5, 0.6) is 5.75 Å². The fourth-order valence-electron chi connectivity index (χ4n) is 5.90. The average Bonchev–Trinajstić information content (AvgIpc) is 3.00. The van der Waals surface area contributed by atoms with Gasteiger partial charge in [0, 0.05) is 75.1 Å². The number of nitrogens with zero attached hydrogens (tertiary/aromatic N) is 5. The molecule has 0 amide bonds. The molecule has 0 spiro atoms. The summed E-state index contributed by atoms with van der Waals surface area (Å²) in [6.45, 7) is 12.8. The van der Waals surface area contributed by atoms with Crippen LogP contribution in [0.2, 0.25) is 5.02 Å². The van der Waals surface area contributed by atoms with Gasteiger partial charge in [-0.3, -0.25) is 4.90 Å². The van der Waals surface area contributed by atoms with Crippen LogP contribution in [0.1, 0.15) is 45.0 Å². The lowest BCUT2D eigenvalue weighted by Gasteiger charge is -2.42. The Morgan fingerprint density at radius 1 is 1.05 bits per heavy atom. The predicted molar refractivity (Wildman–Crippen MR) is 177 cm³/mol. The average molecular weight is 642 g/mol. The first kappa shape index (κ1) is 32.4. The number of benzene rings is 2. The van der Waals surface area contributed by atoms with Gasteiger partial charge in [0.15, 0.2) is 5.82 Å². The first-order valence-corrected chi connectivity index (χ1v) is 17.3. The molecule has 12 heteroatoms. The van der Waals surface area contributed by atoms with Crippen LogP contribution >= 0.6 is 11.6 Å². The summed E-state index contributed by atoms with van der Waals surface area (Å²) in [5.41, 5.74) is 2.52. The molecule has 238 valence electrons. The molecule has 44 heavy (non-hydrogen) atoms. The summed E-state index contributed by atoms with van der Waals surface area (Å²) in [5.74, 6) is 1.69. The zero-order chi connectivity index (χ0) is 31.3. The van der Waals surface area contributed by atoms with E-state index in [0.717, 1.165) is 50.6 Å². The number of piperazine rings is 1. The van der Waals surface area contributed by atoms with Crippen molar-refractivity contribution in [1.82, 2.24) is 24.5 Å². The zero-order valence-corrected chi connectivity index (χ0v) is 27.7. The number of piperidine rings is 1. The second kappa shape index (κ2) is 14.4. The maximum atomic E-state index is 12.9. The number of nitrogens with one attached hydrogen (secondary N) is 2. The predicted octanol–water partition coefficient (Wildman–Crippen LogP) is 4.77. The van der Waals surface area contributed by atoms with Crippen LogP contribution < -0.4 is 19.7 Å². The monoisotopic (exact) mass is 641 g/mol. The fraction of sp³-hybridized carbons (Fsp3) is 0.500. The highest BCUT2D eigenvalue weighted by Crippen LogP contribution is 2.32. The van der Waals surface area contributed by atoms with E-state index in [1.807, 2.05) is 6.92 Å². The summed E-state index contributed by atoms with van der Waals surface area (Å²) in [7, 11) is -1.54. The van der Waals surface area contributed by atoms with Gasteiger partial charge in [0.05, 0.1) is 18.5 Å². The van der Waals surface area contributed by atoms with E-state index in [1.165, 1.54) is 24.7 Å². The van der Waals surface area contributed by atoms with Crippen LogP contribution in [0.15, 0.2) is 53.6 Å². The highest BCUT2D eigenvalue weighted by Gasteiger charge is 2.27. The molecule has 0 unspecified atom stereocenters. The number of rotatable bonds is 11. The largest absolute Gasteiger partial charge is 0.494 e. The molecule has 2 aliphatic rings. The van der Waals surface area contributed by atoms with Crippen molar-refractivity contribution in [2.45, 2.75) is 57.0 Å². The van der Waals surface area contributed by atoms with Gasteiger partial charge in [-0.25, -0.2) is 23.1 Å². The molecule has 2 aliphatic heterocycles. The van der Waals surface area contributed by atoms with Crippen LogP contribution in [-0.4, -0.2) is 93.2 Å². The fourth-order valence-corrected chi connectivity index (χ4v) is 7.46. The second-order valence-electron chi connectivity index (χ2n) is 11.8. The van der Waals surface area contributed by atoms with Crippen molar-refractivity contribution in [3.8, 4) is 5.75 Å². The van der Waals surface area contributed by atoms with E-state index in [2.05, 4.69) is 60.0 Å². The third-order valence-electron chi connectivity index (χ3n) is 8.20. The van der Waals surface area contributed by atoms with Crippen molar-refractivity contribution in [1.29, 1.82) is 0 Å². The van der Waals surface area contributed by atoms with Crippen molar-refractivity contribution in [3.63, 3.8) is 0 Å². The minimum atomic E-state index is -3.74. The number of aromatic nitrogens is 2. The van der Waals surface area contributed by atoms with Crippen molar-refractivity contribution in [2.24, 2.45) is 0 Å². The molecule has 3 aromatic rings. The molecule has 2 aromatic carbocycles. The molecule has 0 bridgehead atoms. The normalized spacial score (nSPS) is 17.3. The Morgan fingerprint density at radius 3 is 2.48 bits per heavy atom. The first-order chi connectivity index (χ1) is 21.1. The molecular formula is C32H44ClN7O3S. The molecular weight excluding hydrogens is 598 g/mol. The summed E-state index contributed by atoms with van der Waals surface area (Å²) in [4.78, 5) is 16.8. The molecule has 2 N–H and O–H groups in total. The molecule has 2 fully saturated rings. The number of para-hydroxylation sites is 1. The summed E-state index contributed by atoms with van der Waals surface area (Å²) >= 11 is 6.47. The van der Waals surface area contributed by atoms with E-state index >= 15 is 0 Å². The van der Waals surface area contributed by atoms with Crippen molar-refractivity contribution in [3.05, 3.63) is 65.1 Å². The number of halogens is 1. The molecule has 0 atom stereocenters. The third-order valence-corrected chi connectivity index (χ3v) is 10.2. The minimum Gasteiger partial charge on any atom is -0.494 e. The van der Waals surface area contributed by atoms with Gasteiger partial charge >= 0.3 is 0 Å². The Labute approximate surface area is 266 Å². The molecule has 0 radical (unpaired) electrons. The topological polar surface area (TPSA) is 103 Å². The van der Waals surface area contributed by atoms with E-state index in [0.29, 0.717) is 36.4 Å². The van der Waals surface area contributed by atoms with Crippen molar-refractivity contribution < 1.29 is 13.2 Å². The highest BCUT2D eigenvalue weighted by atomic mass is 35.5. The maximum Gasteiger partial charge on any atom is 0.242 e. The van der Waals surface area contributed by atoms with E-state index in [4.69, 9.17) is 16.3 Å². The molecule has 1 aromatic heterocycles. The summed E-state index contributed by atoms with van der Waals surface area (Å²) in [5, 5.41) is 3.41. The van der Waals surface area contributed by atoms with E-state index in [1.54, 1.807) is 38.1 Å². The van der Waals surface area contributed by atoms with Crippen LogP contribution in [0.3, 0.4) is 0 Å². The van der Waals surface area contributed by atoms with E-state index in [9.17, 15) is 8.42 Å². The standard InChI is InChI=1S/C32H44ClN7O3S/c1-5-43-29-21-26(39-14-12-25(13-15-39)40-18-16-38(4)17-19-40)11-10-24(29)20-31-34-22-27(33)32(36-31)35-28-8-6-7-9-30(28)44(41,42)37-23(2)3/h6-11,21-23,25,37H,5,12-20H2,1-4H3,(H,34,35,36). The Bertz CT molecular complexity index is 1520.